The van der Waals surface area contributed by atoms with Crippen molar-refractivity contribution in [2.45, 2.75) is 6.92 Å². The molecule has 0 aliphatic carbocycles. The Kier molecular flexibility index (Phi) is 5.39. The quantitative estimate of drug-likeness (QED) is 0.625. The Balaban J connectivity index is 2.72. The summed E-state index contributed by atoms with van der Waals surface area (Å²) in [5, 5.41) is 8.68. The van der Waals surface area contributed by atoms with Crippen LogP contribution in [0.1, 0.15) is 18.1 Å². The molecule has 1 aromatic rings. The van der Waals surface area contributed by atoms with Crippen LogP contribution in [-0.2, 0) is 4.79 Å². The first-order valence-electron chi connectivity index (χ1n) is 5.61. The first-order valence-corrected chi connectivity index (χ1v) is 5.61. The van der Waals surface area contributed by atoms with Crippen molar-refractivity contribution in [3.8, 4) is 0 Å². The molecule has 18 heavy (non-hydrogen) atoms. The summed E-state index contributed by atoms with van der Waals surface area (Å²) in [5.74, 6) is -0.899. The van der Waals surface area contributed by atoms with E-state index in [9.17, 15) is 4.79 Å². The van der Waals surface area contributed by atoms with E-state index in [4.69, 9.17) is 5.11 Å². The van der Waals surface area contributed by atoms with E-state index in [1.165, 1.54) is 0 Å². The Labute approximate surface area is 107 Å². The summed E-state index contributed by atoms with van der Waals surface area (Å²) in [4.78, 5) is 10.6. The van der Waals surface area contributed by atoms with E-state index >= 15 is 0 Å². The summed E-state index contributed by atoms with van der Waals surface area (Å²) in [6.45, 7) is 5.18. The van der Waals surface area contributed by atoms with Crippen LogP contribution in [0.4, 0.5) is 0 Å². The predicted octanol–water partition coefficient (Wildman–Crippen LogP) is 3.93. The van der Waals surface area contributed by atoms with E-state index in [0.29, 0.717) is 5.57 Å². The standard InChI is InChI=1S/C16H16O2/c1-3-4-7-14-9-11-15(12-10-14)8-5-6-13(2)16(17)18/h3-12H,1H2,2H3,(H,17,18). The molecule has 1 rings (SSSR count). The molecule has 0 amide bonds. The van der Waals surface area contributed by atoms with Gasteiger partial charge in [0.1, 0.15) is 0 Å². The van der Waals surface area contributed by atoms with Gasteiger partial charge in [-0.1, -0.05) is 67.3 Å². The van der Waals surface area contributed by atoms with Crippen LogP contribution in [0.15, 0.2) is 60.7 Å². The second-order valence-electron chi connectivity index (χ2n) is 3.78. The lowest BCUT2D eigenvalue weighted by Crippen LogP contribution is -1.94. The van der Waals surface area contributed by atoms with Gasteiger partial charge in [-0.05, 0) is 18.1 Å². The summed E-state index contributed by atoms with van der Waals surface area (Å²) in [5.41, 5.74) is 2.45. The fourth-order valence-electron chi connectivity index (χ4n) is 1.27. The number of hydrogen-bond acceptors (Lipinski definition) is 1. The lowest BCUT2D eigenvalue weighted by atomic mass is 10.1. The van der Waals surface area contributed by atoms with Gasteiger partial charge < -0.3 is 5.11 Å². The highest BCUT2D eigenvalue weighted by molar-refractivity contribution is 5.86. The van der Waals surface area contributed by atoms with Gasteiger partial charge in [-0.25, -0.2) is 4.79 Å². The summed E-state index contributed by atoms with van der Waals surface area (Å²) >= 11 is 0. The van der Waals surface area contributed by atoms with Crippen molar-refractivity contribution in [1.82, 2.24) is 0 Å². The first kappa shape index (κ1) is 13.7. The van der Waals surface area contributed by atoms with Crippen LogP contribution in [0.5, 0.6) is 0 Å². The molecule has 0 atom stereocenters. The number of carboxylic acids is 1. The van der Waals surface area contributed by atoms with Crippen molar-refractivity contribution in [2.24, 2.45) is 0 Å². The van der Waals surface area contributed by atoms with Gasteiger partial charge in [-0.2, -0.15) is 0 Å². The fourth-order valence-corrected chi connectivity index (χ4v) is 1.27. The molecule has 1 N–H and O–H groups in total. The lowest BCUT2D eigenvalue weighted by molar-refractivity contribution is -0.132. The highest BCUT2D eigenvalue weighted by Crippen LogP contribution is 2.08. The Bertz CT molecular complexity index is 502. The molecule has 0 heterocycles. The van der Waals surface area contributed by atoms with Crippen LogP contribution in [-0.4, -0.2) is 11.1 Å². The molecule has 0 radical (unpaired) electrons. The van der Waals surface area contributed by atoms with Gasteiger partial charge in [0.15, 0.2) is 0 Å². The van der Waals surface area contributed by atoms with Gasteiger partial charge in [0, 0.05) is 5.57 Å². The van der Waals surface area contributed by atoms with Crippen molar-refractivity contribution in [3.05, 3.63) is 71.8 Å². The molecule has 0 spiro atoms. The number of allylic oxidation sites excluding steroid dienone is 4. The molecular formula is C16H16O2. The smallest absolute Gasteiger partial charge is 0.331 e. The average molecular weight is 240 g/mol. The highest BCUT2D eigenvalue weighted by atomic mass is 16.4. The Morgan fingerprint density at radius 1 is 1.11 bits per heavy atom. The van der Waals surface area contributed by atoms with E-state index < -0.39 is 5.97 Å². The van der Waals surface area contributed by atoms with Crippen molar-refractivity contribution in [1.29, 1.82) is 0 Å². The number of rotatable bonds is 5. The Hall–Kier alpha value is -2.35. The molecule has 0 aliphatic heterocycles. The van der Waals surface area contributed by atoms with Crippen LogP contribution in [0.25, 0.3) is 12.2 Å². The number of carbonyl (C=O) groups is 1. The van der Waals surface area contributed by atoms with E-state index in [2.05, 4.69) is 6.58 Å². The van der Waals surface area contributed by atoms with Gasteiger partial charge >= 0.3 is 5.97 Å². The maximum atomic E-state index is 10.6. The third-order valence-electron chi connectivity index (χ3n) is 2.33. The van der Waals surface area contributed by atoms with Crippen LogP contribution < -0.4 is 0 Å². The van der Waals surface area contributed by atoms with E-state index in [1.807, 2.05) is 42.5 Å². The monoisotopic (exact) mass is 240 g/mol. The van der Waals surface area contributed by atoms with Crippen molar-refractivity contribution >= 4 is 18.1 Å². The maximum Gasteiger partial charge on any atom is 0.331 e. The zero-order valence-corrected chi connectivity index (χ0v) is 10.3. The van der Waals surface area contributed by atoms with Crippen LogP contribution in [0.3, 0.4) is 0 Å². The molecule has 0 aromatic heterocycles. The normalized spacial score (nSPS) is 12.2. The third kappa shape index (κ3) is 4.66. The summed E-state index contributed by atoms with van der Waals surface area (Å²) in [6.07, 6.45) is 10.8. The Morgan fingerprint density at radius 3 is 2.06 bits per heavy atom. The van der Waals surface area contributed by atoms with Crippen LogP contribution in [0, 0.1) is 0 Å². The van der Waals surface area contributed by atoms with E-state index in [0.717, 1.165) is 11.1 Å². The summed E-state index contributed by atoms with van der Waals surface area (Å²) < 4.78 is 0. The molecule has 0 saturated carbocycles. The van der Waals surface area contributed by atoms with Gasteiger partial charge in [0.05, 0.1) is 0 Å². The molecule has 2 nitrogen and oxygen atoms in total. The van der Waals surface area contributed by atoms with Crippen molar-refractivity contribution < 1.29 is 9.90 Å². The summed E-state index contributed by atoms with van der Waals surface area (Å²) in [7, 11) is 0. The summed E-state index contributed by atoms with van der Waals surface area (Å²) in [6, 6.07) is 7.94. The van der Waals surface area contributed by atoms with E-state index in [1.54, 1.807) is 25.2 Å². The van der Waals surface area contributed by atoms with Crippen molar-refractivity contribution in [2.75, 3.05) is 0 Å². The van der Waals surface area contributed by atoms with Gasteiger partial charge in [-0.15, -0.1) is 0 Å². The zero-order valence-electron chi connectivity index (χ0n) is 10.3. The average Bonchev–Trinajstić information content (AvgIpc) is 2.37. The second-order valence-corrected chi connectivity index (χ2v) is 3.78. The number of aliphatic carboxylic acids is 1. The van der Waals surface area contributed by atoms with Gasteiger partial charge in [0.25, 0.3) is 0 Å². The minimum Gasteiger partial charge on any atom is -0.478 e. The fraction of sp³-hybridized carbons (Fsp3) is 0.0625. The predicted molar refractivity (Wildman–Crippen MR) is 76.1 cm³/mol. The molecule has 92 valence electrons. The molecule has 0 unspecified atom stereocenters. The Morgan fingerprint density at radius 2 is 1.61 bits per heavy atom. The minimum absolute atomic E-state index is 0.316. The minimum atomic E-state index is -0.899. The van der Waals surface area contributed by atoms with Gasteiger partial charge in [0.2, 0.25) is 0 Å². The third-order valence-corrected chi connectivity index (χ3v) is 2.33. The van der Waals surface area contributed by atoms with E-state index in [-0.39, 0.29) is 0 Å². The van der Waals surface area contributed by atoms with Gasteiger partial charge in [-0.3, -0.25) is 0 Å². The second kappa shape index (κ2) is 7.07. The lowest BCUT2D eigenvalue weighted by Gasteiger charge is -1.95. The maximum absolute atomic E-state index is 10.6. The van der Waals surface area contributed by atoms with Crippen molar-refractivity contribution in [3.63, 3.8) is 0 Å². The first-order chi connectivity index (χ1) is 8.63. The number of carboxylic acid groups (broad SMARTS) is 1. The highest BCUT2D eigenvalue weighted by Gasteiger charge is 1.95. The molecule has 0 fully saturated rings. The molecule has 0 saturated heterocycles. The molecule has 1 aromatic carbocycles. The molecule has 0 aliphatic rings. The largest absolute Gasteiger partial charge is 0.478 e. The van der Waals surface area contributed by atoms with Crippen LogP contribution >= 0.6 is 0 Å². The topological polar surface area (TPSA) is 37.3 Å². The molecule has 0 bridgehead atoms. The molecule has 2 heteroatoms. The number of hydrogen-bond donors (Lipinski definition) is 1. The SMILES string of the molecule is C=CC=Cc1ccc(C=CC=C(C)C(=O)O)cc1. The number of benzene rings is 1. The zero-order chi connectivity index (χ0) is 13.4. The van der Waals surface area contributed by atoms with Crippen LogP contribution in [0.2, 0.25) is 0 Å². The molecular weight excluding hydrogens is 224 g/mol.